The predicted octanol–water partition coefficient (Wildman–Crippen LogP) is 1.93. The number of rotatable bonds is 2. The lowest BCUT2D eigenvalue weighted by atomic mass is 9.94. The summed E-state index contributed by atoms with van der Waals surface area (Å²) in [6.45, 7) is 0. The first-order valence-electron chi connectivity index (χ1n) is 7.01. The maximum absolute atomic E-state index is 13.0. The lowest BCUT2D eigenvalue weighted by Crippen LogP contribution is -2.59. The topological polar surface area (TPSA) is 66.5 Å². The highest BCUT2D eigenvalue weighted by Gasteiger charge is 2.44. The fourth-order valence-corrected chi connectivity index (χ4v) is 3.05. The molecule has 0 aromatic heterocycles. The zero-order valence-corrected chi connectivity index (χ0v) is 11.3. The number of amides is 4. The fourth-order valence-electron chi connectivity index (χ4n) is 3.05. The Hall–Kier alpha value is -2.24. The quantitative estimate of drug-likeness (QED) is 0.846. The molecule has 110 valence electrons. The summed E-state index contributed by atoms with van der Waals surface area (Å²) in [5, 5.41) is 2.23. The van der Waals surface area contributed by atoms with E-state index >= 15 is 0 Å². The minimum Gasteiger partial charge on any atom is -0.277 e. The molecule has 1 atom stereocenters. The van der Waals surface area contributed by atoms with E-state index in [2.05, 4.69) is 5.32 Å². The summed E-state index contributed by atoms with van der Waals surface area (Å²) in [4.78, 5) is 37.7. The zero-order chi connectivity index (χ0) is 15.0. The number of barbiturate groups is 1. The lowest BCUT2D eigenvalue weighted by Gasteiger charge is -2.34. The van der Waals surface area contributed by atoms with Crippen molar-refractivity contribution in [2.45, 2.75) is 37.6 Å². The first-order valence-corrected chi connectivity index (χ1v) is 7.01. The number of hydrogen-bond acceptors (Lipinski definition) is 3. The van der Waals surface area contributed by atoms with Crippen LogP contribution in [0.15, 0.2) is 24.3 Å². The van der Waals surface area contributed by atoms with Gasteiger partial charge < -0.3 is 0 Å². The summed E-state index contributed by atoms with van der Waals surface area (Å²) in [6, 6.07) is 4.42. The summed E-state index contributed by atoms with van der Waals surface area (Å²) >= 11 is 0. The van der Waals surface area contributed by atoms with E-state index < -0.39 is 29.6 Å². The van der Waals surface area contributed by atoms with Crippen LogP contribution in [-0.2, 0) is 9.59 Å². The normalized spacial score (nSPS) is 23.6. The smallest absolute Gasteiger partial charge is 0.277 e. The maximum atomic E-state index is 13.0. The number of carbonyl (C=O) groups excluding carboxylic acids is 3. The third-order valence-electron chi connectivity index (χ3n) is 4.09. The molecule has 1 aliphatic heterocycles. The Morgan fingerprint density at radius 2 is 1.67 bits per heavy atom. The summed E-state index contributed by atoms with van der Waals surface area (Å²) in [5.41, 5.74) is 0.398. The molecule has 1 aromatic rings. The van der Waals surface area contributed by atoms with E-state index in [0.717, 1.165) is 25.7 Å². The highest BCUT2D eigenvalue weighted by molar-refractivity contribution is 6.19. The molecule has 1 N–H and O–H groups in total. The van der Waals surface area contributed by atoms with Crippen LogP contribution in [0.3, 0.4) is 0 Å². The number of halogens is 1. The maximum Gasteiger partial charge on any atom is 0.331 e. The van der Waals surface area contributed by atoms with Gasteiger partial charge in [-0.1, -0.05) is 25.0 Å². The monoisotopic (exact) mass is 290 g/mol. The van der Waals surface area contributed by atoms with E-state index in [1.165, 1.54) is 29.2 Å². The number of urea groups is 1. The average molecular weight is 290 g/mol. The second-order valence-electron chi connectivity index (χ2n) is 5.43. The van der Waals surface area contributed by atoms with E-state index in [4.69, 9.17) is 0 Å². The van der Waals surface area contributed by atoms with Gasteiger partial charge in [0.2, 0.25) is 11.8 Å². The van der Waals surface area contributed by atoms with Gasteiger partial charge >= 0.3 is 6.03 Å². The summed E-state index contributed by atoms with van der Waals surface area (Å²) in [5.74, 6) is -2.68. The van der Waals surface area contributed by atoms with Crippen molar-refractivity contribution in [1.29, 1.82) is 0 Å². The van der Waals surface area contributed by atoms with Crippen LogP contribution in [0.1, 0.15) is 37.2 Å². The molecule has 6 heteroatoms. The molecule has 4 amide bonds. The average Bonchev–Trinajstić information content (AvgIpc) is 2.94. The van der Waals surface area contributed by atoms with Gasteiger partial charge in [0.1, 0.15) is 11.7 Å². The van der Waals surface area contributed by atoms with Crippen LogP contribution in [0, 0.1) is 5.82 Å². The number of imide groups is 2. The van der Waals surface area contributed by atoms with Gasteiger partial charge in [-0.25, -0.2) is 9.18 Å². The second-order valence-corrected chi connectivity index (χ2v) is 5.43. The predicted molar refractivity (Wildman–Crippen MR) is 71.8 cm³/mol. The van der Waals surface area contributed by atoms with Crippen LogP contribution in [0.5, 0.6) is 0 Å². The zero-order valence-electron chi connectivity index (χ0n) is 11.3. The molecular formula is C15H15FN2O3. The van der Waals surface area contributed by atoms with Crippen molar-refractivity contribution in [2.24, 2.45) is 0 Å². The molecule has 21 heavy (non-hydrogen) atoms. The van der Waals surface area contributed by atoms with Crippen molar-refractivity contribution >= 4 is 17.8 Å². The van der Waals surface area contributed by atoms with Crippen molar-refractivity contribution < 1.29 is 18.8 Å². The fraction of sp³-hybridized carbons (Fsp3) is 0.400. The first-order chi connectivity index (χ1) is 10.1. The van der Waals surface area contributed by atoms with Gasteiger partial charge in [0.05, 0.1) is 0 Å². The number of carbonyl (C=O) groups is 3. The molecule has 0 spiro atoms. The molecule has 1 heterocycles. The van der Waals surface area contributed by atoms with Gasteiger partial charge in [-0.3, -0.25) is 19.8 Å². The molecule has 1 saturated carbocycles. The largest absolute Gasteiger partial charge is 0.331 e. The molecule has 0 radical (unpaired) electrons. The lowest BCUT2D eigenvalue weighted by molar-refractivity contribution is -0.140. The Morgan fingerprint density at radius 1 is 1.05 bits per heavy atom. The van der Waals surface area contributed by atoms with Gasteiger partial charge in [-0.05, 0) is 30.5 Å². The van der Waals surface area contributed by atoms with Gasteiger partial charge in [-0.2, -0.15) is 0 Å². The van der Waals surface area contributed by atoms with Crippen molar-refractivity contribution in [3.63, 3.8) is 0 Å². The number of nitrogens with one attached hydrogen (secondary N) is 1. The minimum absolute atomic E-state index is 0.145. The minimum atomic E-state index is -1.08. The van der Waals surface area contributed by atoms with Crippen molar-refractivity contribution in [1.82, 2.24) is 10.2 Å². The van der Waals surface area contributed by atoms with Crippen LogP contribution in [0.2, 0.25) is 0 Å². The van der Waals surface area contributed by atoms with Crippen LogP contribution >= 0.6 is 0 Å². The van der Waals surface area contributed by atoms with Crippen LogP contribution in [-0.4, -0.2) is 28.8 Å². The van der Waals surface area contributed by atoms with E-state index in [1.807, 2.05) is 0 Å². The summed E-state index contributed by atoms with van der Waals surface area (Å²) in [6.07, 6.45) is 3.47. The molecule has 2 fully saturated rings. The molecule has 1 unspecified atom stereocenters. The van der Waals surface area contributed by atoms with E-state index in [-0.39, 0.29) is 6.04 Å². The molecule has 0 bridgehead atoms. The standard InChI is InChI=1S/C15H15FN2O3/c16-10-7-5-9(6-8-10)12-13(19)17-15(21)18(14(12)20)11-3-1-2-4-11/h5-8,11-12H,1-4H2,(H,17,19,21). The number of benzene rings is 1. The van der Waals surface area contributed by atoms with E-state index in [1.54, 1.807) is 0 Å². The summed E-state index contributed by atoms with van der Waals surface area (Å²) < 4.78 is 13.0. The van der Waals surface area contributed by atoms with Gasteiger partial charge in [-0.15, -0.1) is 0 Å². The SMILES string of the molecule is O=C1NC(=O)N(C2CCCC2)C(=O)C1c1ccc(F)cc1. The number of nitrogens with zero attached hydrogens (tertiary/aromatic N) is 1. The molecule has 5 nitrogen and oxygen atoms in total. The summed E-state index contributed by atoms with van der Waals surface area (Å²) in [7, 11) is 0. The van der Waals surface area contributed by atoms with Crippen LogP contribution in [0.4, 0.5) is 9.18 Å². The van der Waals surface area contributed by atoms with Gasteiger partial charge in [0, 0.05) is 6.04 Å². The van der Waals surface area contributed by atoms with Crippen molar-refractivity contribution in [3.05, 3.63) is 35.6 Å². The van der Waals surface area contributed by atoms with Gasteiger partial charge in [0.15, 0.2) is 0 Å². The van der Waals surface area contributed by atoms with E-state index in [9.17, 15) is 18.8 Å². The molecule has 1 saturated heterocycles. The molecule has 3 rings (SSSR count). The third-order valence-corrected chi connectivity index (χ3v) is 4.09. The van der Waals surface area contributed by atoms with Crippen molar-refractivity contribution in [3.8, 4) is 0 Å². The first kappa shape index (κ1) is 13.7. The van der Waals surface area contributed by atoms with E-state index in [0.29, 0.717) is 5.56 Å². The molecular weight excluding hydrogens is 275 g/mol. The molecule has 2 aliphatic rings. The Morgan fingerprint density at radius 3 is 2.29 bits per heavy atom. The molecule has 1 aliphatic carbocycles. The molecule has 1 aromatic carbocycles. The Bertz CT molecular complexity index is 593. The highest BCUT2D eigenvalue weighted by Crippen LogP contribution is 2.30. The Kier molecular flexibility index (Phi) is 3.45. The number of hydrogen-bond donors (Lipinski definition) is 1. The Labute approximate surface area is 121 Å². The Balaban J connectivity index is 1.92. The van der Waals surface area contributed by atoms with Crippen LogP contribution in [0.25, 0.3) is 0 Å². The van der Waals surface area contributed by atoms with Gasteiger partial charge in [0.25, 0.3) is 0 Å². The van der Waals surface area contributed by atoms with Crippen molar-refractivity contribution in [2.75, 3.05) is 0 Å². The highest BCUT2D eigenvalue weighted by atomic mass is 19.1. The third kappa shape index (κ3) is 2.41. The van der Waals surface area contributed by atoms with Crippen LogP contribution < -0.4 is 5.32 Å². The second kappa shape index (κ2) is 5.27.